The Bertz CT molecular complexity index is 390. The van der Waals surface area contributed by atoms with Gasteiger partial charge in [-0.25, -0.2) is 0 Å². The number of rotatable bonds is 3. The van der Waals surface area contributed by atoms with Crippen LogP contribution in [0.25, 0.3) is 0 Å². The first kappa shape index (κ1) is 13.9. The van der Waals surface area contributed by atoms with Crippen LogP contribution >= 0.6 is 11.6 Å². The van der Waals surface area contributed by atoms with Crippen LogP contribution in [0.3, 0.4) is 0 Å². The lowest BCUT2D eigenvalue weighted by atomic mass is 9.79. The van der Waals surface area contributed by atoms with E-state index in [4.69, 9.17) is 11.6 Å². The van der Waals surface area contributed by atoms with Crippen molar-refractivity contribution in [1.82, 2.24) is 5.32 Å². The zero-order valence-electron chi connectivity index (χ0n) is 11.6. The predicted molar refractivity (Wildman–Crippen MR) is 79.0 cm³/mol. The lowest BCUT2D eigenvalue weighted by Gasteiger charge is -2.34. The summed E-state index contributed by atoms with van der Waals surface area (Å²) in [5, 5.41) is 4.58. The van der Waals surface area contributed by atoms with Gasteiger partial charge >= 0.3 is 0 Å². The normalized spacial score (nSPS) is 30.1. The first-order chi connectivity index (χ1) is 8.56. The van der Waals surface area contributed by atoms with Gasteiger partial charge in [-0.3, -0.25) is 0 Å². The van der Waals surface area contributed by atoms with E-state index >= 15 is 0 Å². The third-order valence-electron chi connectivity index (χ3n) is 4.43. The van der Waals surface area contributed by atoms with Gasteiger partial charge in [0.15, 0.2) is 0 Å². The zero-order chi connectivity index (χ0) is 13.1. The van der Waals surface area contributed by atoms with Gasteiger partial charge in [-0.1, -0.05) is 37.6 Å². The highest BCUT2D eigenvalue weighted by atomic mass is 35.5. The molecule has 4 atom stereocenters. The van der Waals surface area contributed by atoms with Gasteiger partial charge in [-0.05, 0) is 55.7 Å². The second-order valence-electron chi connectivity index (χ2n) is 5.91. The molecule has 1 nitrogen and oxygen atoms in total. The van der Waals surface area contributed by atoms with E-state index in [0.717, 1.165) is 16.9 Å². The Kier molecular flexibility index (Phi) is 4.69. The summed E-state index contributed by atoms with van der Waals surface area (Å²) in [5.41, 5.74) is 1.29. The standard InChI is InChI=1S/C16H24ClN/c1-11-7-8-16(9-12(11)2)18-13(3)14-5-4-6-15(17)10-14/h4-6,10-13,16,18H,7-9H2,1-3H3/t11?,12?,13-,16?/m1/s1. The van der Waals surface area contributed by atoms with Crippen molar-refractivity contribution in [3.05, 3.63) is 34.9 Å². The maximum atomic E-state index is 6.05. The van der Waals surface area contributed by atoms with Crippen molar-refractivity contribution < 1.29 is 0 Å². The van der Waals surface area contributed by atoms with E-state index in [-0.39, 0.29) is 0 Å². The van der Waals surface area contributed by atoms with Crippen molar-refractivity contribution in [1.29, 1.82) is 0 Å². The highest BCUT2D eigenvalue weighted by Crippen LogP contribution is 2.30. The third-order valence-corrected chi connectivity index (χ3v) is 4.67. The second kappa shape index (κ2) is 6.08. The Morgan fingerprint density at radius 2 is 2.00 bits per heavy atom. The summed E-state index contributed by atoms with van der Waals surface area (Å²) >= 11 is 6.05. The van der Waals surface area contributed by atoms with Crippen molar-refractivity contribution in [2.75, 3.05) is 0 Å². The molecule has 1 aliphatic carbocycles. The van der Waals surface area contributed by atoms with Gasteiger partial charge in [0.25, 0.3) is 0 Å². The van der Waals surface area contributed by atoms with Crippen LogP contribution in [0.5, 0.6) is 0 Å². The molecule has 1 saturated carbocycles. The average molecular weight is 266 g/mol. The fraction of sp³-hybridized carbons (Fsp3) is 0.625. The van der Waals surface area contributed by atoms with E-state index in [1.54, 1.807) is 0 Å². The van der Waals surface area contributed by atoms with E-state index in [1.807, 2.05) is 12.1 Å². The summed E-state index contributed by atoms with van der Waals surface area (Å²) < 4.78 is 0. The highest BCUT2D eigenvalue weighted by molar-refractivity contribution is 6.30. The molecule has 3 unspecified atom stereocenters. The molecule has 0 heterocycles. The zero-order valence-corrected chi connectivity index (χ0v) is 12.4. The first-order valence-corrected chi connectivity index (χ1v) is 7.45. The van der Waals surface area contributed by atoms with Crippen molar-refractivity contribution >= 4 is 11.6 Å². The molecule has 0 amide bonds. The molecule has 2 rings (SSSR count). The van der Waals surface area contributed by atoms with Gasteiger partial charge in [0, 0.05) is 17.1 Å². The van der Waals surface area contributed by atoms with E-state index in [0.29, 0.717) is 12.1 Å². The van der Waals surface area contributed by atoms with Crippen LogP contribution < -0.4 is 5.32 Å². The monoisotopic (exact) mass is 265 g/mol. The minimum Gasteiger partial charge on any atom is -0.307 e. The number of hydrogen-bond acceptors (Lipinski definition) is 1. The molecule has 0 spiro atoms. The number of hydrogen-bond donors (Lipinski definition) is 1. The summed E-state index contributed by atoms with van der Waals surface area (Å²) in [4.78, 5) is 0. The summed E-state index contributed by atoms with van der Waals surface area (Å²) in [6.45, 7) is 6.98. The predicted octanol–water partition coefficient (Wildman–Crippen LogP) is 4.82. The van der Waals surface area contributed by atoms with Gasteiger partial charge < -0.3 is 5.32 Å². The van der Waals surface area contributed by atoms with Crippen LogP contribution in [-0.2, 0) is 0 Å². The molecule has 0 aliphatic heterocycles. The van der Waals surface area contributed by atoms with Crippen LogP contribution in [-0.4, -0.2) is 6.04 Å². The van der Waals surface area contributed by atoms with Crippen LogP contribution in [0.15, 0.2) is 24.3 Å². The molecule has 0 radical (unpaired) electrons. The van der Waals surface area contributed by atoms with E-state index in [1.165, 1.54) is 24.8 Å². The van der Waals surface area contributed by atoms with Crippen molar-refractivity contribution in [3.63, 3.8) is 0 Å². The van der Waals surface area contributed by atoms with Crippen molar-refractivity contribution in [2.24, 2.45) is 11.8 Å². The Morgan fingerprint density at radius 3 is 2.67 bits per heavy atom. The fourth-order valence-corrected chi connectivity index (χ4v) is 3.12. The number of halogens is 1. The molecule has 1 aromatic carbocycles. The smallest absolute Gasteiger partial charge is 0.0409 e. The molecule has 0 bridgehead atoms. The molecule has 1 aliphatic rings. The topological polar surface area (TPSA) is 12.0 Å². The summed E-state index contributed by atoms with van der Waals surface area (Å²) in [6, 6.07) is 9.22. The lowest BCUT2D eigenvalue weighted by molar-refractivity contribution is 0.217. The summed E-state index contributed by atoms with van der Waals surface area (Å²) in [5.74, 6) is 1.72. The van der Waals surface area contributed by atoms with Crippen LogP contribution in [0.4, 0.5) is 0 Å². The third kappa shape index (κ3) is 3.49. The Hall–Kier alpha value is -0.530. The van der Waals surface area contributed by atoms with Crippen LogP contribution in [0.2, 0.25) is 5.02 Å². The van der Waals surface area contributed by atoms with E-state index < -0.39 is 0 Å². The van der Waals surface area contributed by atoms with E-state index in [2.05, 4.69) is 38.2 Å². The summed E-state index contributed by atoms with van der Waals surface area (Å²) in [6.07, 6.45) is 3.95. The maximum Gasteiger partial charge on any atom is 0.0409 e. The fourth-order valence-electron chi connectivity index (χ4n) is 2.92. The van der Waals surface area contributed by atoms with Crippen LogP contribution in [0, 0.1) is 11.8 Å². The summed E-state index contributed by atoms with van der Waals surface area (Å²) in [7, 11) is 0. The molecular formula is C16H24ClN. The quantitative estimate of drug-likeness (QED) is 0.827. The van der Waals surface area contributed by atoms with Crippen LogP contribution in [0.1, 0.15) is 51.6 Å². The molecule has 100 valence electrons. The Labute approximate surface area is 116 Å². The number of nitrogens with one attached hydrogen (secondary N) is 1. The molecule has 0 aromatic heterocycles. The van der Waals surface area contributed by atoms with Gasteiger partial charge in [0.2, 0.25) is 0 Å². The minimum atomic E-state index is 0.384. The molecule has 18 heavy (non-hydrogen) atoms. The molecule has 1 aromatic rings. The molecule has 1 fully saturated rings. The number of benzene rings is 1. The molecular weight excluding hydrogens is 242 g/mol. The highest BCUT2D eigenvalue weighted by Gasteiger charge is 2.25. The Morgan fingerprint density at radius 1 is 1.22 bits per heavy atom. The maximum absolute atomic E-state index is 6.05. The SMILES string of the molecule is CC1CCC(N[C@H](C)c2cccc(Cl)c2)CC1C. The molecule has 1 N–H and O–H groups in total. The van der Waals surface area contributed by atoms with Crippen molar-refractivity contribution in [2.45, 2.75) is 52.1 Å². The van der Waals surface area contributed by atoms with E-state index in [9.17, 15) is 0 Å². The van der Waals surface area contributed by atoms with Gasteiger partial charge in [-0.2, -0.15) is 0 Å². The minimum absolute atomic E-state index is 0.384. The van der Waals surface area contributed by atoms with Gasteiger partial charge in [0.05, 0.1) is 0 Å². The Balaban J connectivity index is 1.93. The first-order valence-electron chi connectivity index (χ1n) is 7.07. The lowest BCUT2D eigenvalue weighted by Crippen LogP contribution is -2.37. The average Bonchev–Trinajstić information content (AvgIpc) is 2.34. The molecule has 0 saturated heterocycles. The van der Waals surface area contributed by atoms with Crippen molar-refractivity contribution in [3.8, 4) is 0 Å². The molecule has 2 heteroatoms. The van der Waals surface area contributed by atoms with Gasteiger partial charge in [0.1, 0.15) is 0 Å². The largest absolute Gasteiger partial charge is 0.307 e. The second-order valence-corrected chi connectivity index (χ2v) is 6.34. The van der Waals surface area contributed by atoms with Gasteiger partial charge in [-0.15, -0.1) is 0 Å².